The molecule has 2 aromatic rings. The van der Waals surface area contributed by atoms with E-state index in [1.165, 1.54) is 5.56 Å². The van der Waals surface area contributed by atoms with Gasteiger partial charge in [-0.15, -0.1) is 0 Å². The topological polar surface area (TPSA) is 40.7 Å². The molecule has 0 aliphatic heterocycles. The fourth-order valence-corrected chi connectivity index (χ4v) is 2.21. The predicted molar refractivity (Wildman–Crippen MR) is 79.5 cm³/mol. The van der Waals surface area contributed by atoms with Gasteiger partial charge in [0.2, 0.25) is 0 Å². The highest BCUT2D eigenvalue weighted by molar-refractivity contribution is 6.30. The van der Waals surface area contributed by atoms with Gasteiger partial charge in [0.25, 0.3) is 0 Å². The molecule has 1 aromatic carbocycles. The molecule has 0 fully saturated rings. The van der Waals surface area contributed by atoms with Crippen LogP contribution < -0.4 is 5.32 Å². The van der Waals surface area contributed by atoms with E-state index in [0.29, 0.717) is 6.04 Å². The number of hydrogen-bond donors (Lipinski definition) is 2. The van der Waals surface area contributed by atoms with Crippen LogP contribution in [-0.2, 0) is 12.8 Å². The van der Waals surface area contributed by atoms with Crippen LogP contribution in [0, 0.1) is 0 Å². The number of rotatable bonds is 7. The van der Waals surface area contributed by atoms with E-state index in [4.69, 9.17) is 11.6 Å². The van der Waals surface area contributed by atoms with Crippen molar-refractivity contribution < 1.29 is 0 Å². The van der Waals surface area contributed by atoms with Gasteiger partial charge in [-0.3, -0.25) is 0 Å². The van der Waals surface area contributed by atoms with Crippen LogP contribution >= 0.6 is 11.6 Å². The first-order valence-electron chi connectivity index (χ1n) is 6.70. The smallest absolute Gasteiger partial charge is 0.106 e. The lowest BCUT2D eigenvalue weighted by Crippen LogP contribution is -2.29. The molecule has 0 aliphatic rings. The first kappa shape index (κ1) is 14.1. The molecule has 19 heavy (non-hydrogen) atoms. The van der Waals surface area contributed by atoms with Crippen molar-refractivity contribution in [1.29, 1.82) is 0 Å². The minimum absolute atomic E-state index is 0.470. The number of imidazole rings is 1. The number of nitrogens with zero attached hydrogens (tertiary/aromatic N) is 1. The molecular formula is C15H20ClN3. The zero-order valence-electron chi connectivity index (χ0n) is 11.2. The molecule has 1 unspecified atom stereocenters. The second-order valence-electron chi connectivity index (χ2n) is 4.83. The molecule has 0 saturated carbocycles. The summed E-state index contributed by atoms with van der Waals surface area (Å²) in [5.41, 5.74) is 1.32. The molecule has 4 heteroatoms. The summed E-state index contributed by atoms with van der Waals surface area (Å²) in [6, 6.07) is 8.53. The zero-order valence-corrected chi connectivity index (χ0v) is 12.0. The largest absolute Gasteiger partial charge is 0.349 e. The lowest BCUT2D eigenvalue weighted by molar-refractivity contribution is 0.531. The number of benzene rings is 1. The minimum atomic E-state index is 0.470. The van der Waals surface area contributed by atoms with E-state index < -0.39 is 0 Å². The van der Waals surface area contributed by atoms with Gasteiger partial charge in [-0.2, -0.15) is 0 Å². The van der Waals surface area contributed by atoms with E-state index >= 15 is 0 Å². The van der Waals surface area contributed by atoms with E-state index in [2.05, 4.69) is 34.3 Å². The van der Waals surface area contributed by atoms with Crippen molar-refractivity contribution in [3.05, 3.63) is 53.1 Å². The van der Waals surface area contributed by atoms with Crippen molar-refractivity contribution in [2.45, 2.75) is 32.2 Å². The Morgan fingerprint density at radius 2 is 2.11 bits per heavy atom. The summed E-state index contributed by atoms with van der Waals surface area (Å²) in [7, 11) is 0. The maximum absolute atomic E-state index is 5.87. The standard InChI is InChI=1S/C15H20ClN3/c1-12(11-13-4-6-14(16)7-5-13)17-8-2-3-15-18-9-10-19-15/h4-7,9-10,12,17H,2-3,8,11H2,1H3,(H,18,19). The van der Waals surface area contributed by atoms with Crippen LogP contribution in [0.1, 0.15) is 24.7 Å². The van der Waals surface area contributed by atoms with Crippen LogP contribution in [0.3, 0.4) is 0 Å². The van der Waals surface area contributed by atoms with Crippen molar-refractivity contribution >= 4 is 11.6 Å². The van der Waals surface area contributed by atoms with Crippen LogP contribution in [0.15, 0.2) is 36.7 Å². The molecule has 1 atom stereocenters. The Morgan fingerprint density at radius 3 is 2.79 bits per heavy atom. The SMILES string of the molecule is CC(Cc1ccc(Cl)cc1)NCCCc1ncc[nH]1. The van der Waals surface area contributed by atoms with Crippen molar-refractivity contribution in [3.63, 3.8) is 0 Å². The zero-order chi connectivity index (χ0) is 13.5. The number of nitrogens with one attached hydrogen (secondary N) is 2. The number of aryl methyl sites for hydroxylation is 1. The molecule has 2 rings (SSSR count). The Labute approximate surface area is 119 Å². The van der Waals surface area contributed by atoms with Crippen molar-refractivity contribution in [2.24, 2.45) is 0 Å². The Hall–Kier alpha value is -1.32. The summed E-state index contributed by atoms with van der Waals surface area (Å²) in [4.78, 5) is 7.33. The molecule has 0 radical (unpaired) electrons. The molecule has 0 saturated heterocycles. The number of halogens is 1. The third-order valence-electron chi connectivity index (χ3n) is 3.09. The van der Waals surface area contributed by atoms with Crippen LogP contribution in [0.2, 0.25) is 5.02 Å². The Kier molecular flexibility index (Phi) is 5.43. The van der Waals surface area contributed by atoms with Gasteiger partial charge in [0.1, 0.15) is 5.82 Å². The second kappa shape index (κ2) is 7.31. The first-order valence-corrected chi connectivity index (χ1v) is 7.08. The lowest BCUT2D eigenvalue weighted by Gasteiger charge is -2.13. The van der Waals surface area contributed by atoms with Gasteiger partial charge in [-0.25, -0.2) is 4.98 Å². The Balaban J connectivity index is 1.64. The van der Waals surface area contributed by atoms with Gasteiger partial charge < -0.3 is 10.3 Å². The average Bonchev–Trinajstić information content (AvgIpc) is 2.91. The highest BCUT2D eigenvalue weighted by Gasteiger charge is 2.03. The van der Waals surface area contributed by atoms with Crippen LogP contribution in [-0.4, -0.2) is 22.6 Å². The van der Waals surface area contributed by atoms with E-state index in [-0.39, 0.29) is 0 Å². The quantitative estimate of drug-likeness (QED) is 0.763. The van der Waals surface area contributed by atoms with Crippen molar-refractivity contribution in [1.82, 2.24) is 15.3 Å². The third-order valence-corrected chi connectivity index (χ3v) is 3.35. The van der Waals surface area contributed by atoms with Crippen molar-refractivity contribution in [3.8, 4) is 0 Å². The van der Waals surface area contributed by atoms with E-state index in [1.807, 2.05) is 18.3 Å². The summed E-state index contributed by atoms with van der Waals surface area (Å²) in [6.07, 6.45) is 6.78. The molecule has 102 valence electrons. The maximum Gasteiger partial charge on any atom is 0.106 e. The summed E-state index contributed by atoms with van der Waals surface area (Å²) in [5.74, 6) is 1.06. The normalized spacial score (nSPS) is 12.5. The highest BCUT2D eigenvalue weighted by atomic mass is 35.5. The highest BCUT2D eigenvalue weighted by Crippen LogP contribution is 2.11. The second-order valence-corrected chi connectivity index (χ2v) is 5.26. The van der Waals surface area contributed by atoms with E-state index in [1.54, 1.807) is 6.20 Å². The van der Waals surface area contributed by atoms with Crippen LogP contribution in [0.4, 0.5) is 0 Å². The van der Waals surface area contributed by atoms with Crippen LogP contribution in [0.5, 0.6) is 0 Å². The Morgan fingerprint density at radius 1 is 1.32 bits per heavy atom. The van der Waals surface area contributed by atoms with Gasteiger partial charge in [0.05, 0.1) is 0 Å². The molecule has 0 amide bonds. The average molecular weight is 278 g/mol. The molecule has 3 nitrogen and oxygen atoms in total. The fraction of sp³-hybridized carbons (Fsp3) is 0.400. The molecule has 0 bridgehead atoms. The molecule has 0 spiro atoms. The summed E-state index contributed by atoms with van der Waals surface area (Å²) >= 11 is 5.87. The van der Waals surface area contributed by atoms with E-state index in [0.717, 1.165) is 36.7 Å². The summed E-state index contributed by atoms with van der Waals surface area (Å²) in [5, 5.41) is 4.33. The van der Waals surface area contributed by atoms with Gasteiger partial charge in [-0.1, -0.05) is 23.7 Å². The number of aromatic amines is 1. The predicted octanol–water partition coefficient (Wildman–Crippen LogP) is 3.22. The monoisotopic (exact) mass is 277 g/mol. The number of aromatic nitrogens is 2. The molecule has 0 aliphatic carbocycles. The minimum Gasteiger partial charge on any atom is -0.349 e. The molecule has 1 heterocycles. The molecule has 2 N–H and O–H groups in total. The Bertz CT molecular complexity index is 465. The van der Waals surface area contributed by atoms with Crippen molar-refractivity contribution in [2.75, 3.05) is 6.54 Å². The summed E-state index contributed by atoms with van der Waals surface area (Å²) < 4.78 is 0. The summed E-state index contributed by atoms with van der Waals surface area (Å²) in [6.45, 7) is 3.22. The van der Waals surface area contributed by atoms with E-state index in [9.17, 15) is 0 Å². The lowest BCUT2D eigenvalue weighted by atomic mass is 10.1. The maximum atomic E-state index is 5.87. The van der Waals surface area contributed by atoms with Gasteiger partial charge >= 0.3 is 0 Å². The molecule has 1 aromatic heterocycles. The molecular weight excluding hydrogens is 258 g/mol. The van der Waals surface area contributed by atoms with Crippen LogP contribution in [0.25, 0.3) is 0 Å². The van der Waals surface area contributed by atoms with Gasteiger partial charge in [-0.05, 0) is 44.0 Å². The fourth-order valence-electron chi connectivity index (χ4n) is 2.09. The number of H-pyrrole nitrogens is 1. The number of hydrogen-bond acceptors (Lipinski definition) is 2. The van der Waals surface area contributed by atoms with Gasteiger partial charge in [0.15, 0.2) is 0 Å². The van der Waals surface area contributed by atoms with Gasteiger partial charge in [0, 0.05) is 29.9 Å². The third kappa shape index (κ3) is 5.05. The first-order chi connectivity index (χ1) is 9.24.